The molecule has 5 N–H and O–H groups in total. The Kier molecular flexibility index (Phi) is 13.3. The first-order valence-electron chi connectivity index (χ1n) is 19.8. The fourth-order valence-corrected chi connectivity index (χ4v) is 7.86. The van der Waals surface area contributed by atoms with Crippen LogP contribution in [0.25, 0.3) is 33.7 Å². The quantitative estimate of drug-likeness (QED) is 0.112. The van der Waals surface area contributed by atoms with E-state index in [0.717, 1.165) is 0 Å². The number of likely N-dealkylation sites (N-methyl/N-ethyl adjacent to an activating group) is 2. The van der Waals surface area contributed by atoms with Crippen LogP contribution in [0.1, 0.15) is 40.5 Å². The summed E-state index contributed by atoms with van der Waals surface area (Å²) in [6.45, 7) is 5.40. The molecule has 4 aromatic rings. The number of benzene rings is 2. The Morgan fingerprint density at radius 3 is 1.59 bits per heavy atom. The summed E-state index contributed by atoms with van der Waals surface area (Å²) >= 11 is 0. The van der Waals surface area contributed by atoms with Crippen molar-refractivity contribution in [3.63, 3.8) is 0 Å². The largest absolute Gasteiger partial charge is 0.394 e. The fraction of sp³-hybridized carbons (Fsp3) is 0.550. The number of amides is 4. The van der Waals surface area contributed by atoms with E-state index >= 15 is 8.78 Å². The van der Waals surface area contributed by atoms with Gasteiger partial charge < -0.3 is 45.3 Å². The zero-order valence-corrected chi connectivity index (χ0v) is 33.9. The Labute approximate surface area is 338 Å². The lowest BCUT2D eigenvalue weighted by atomic mass is 10.0. The highest BCUT2D eigenvalue weighted by atomic mass is 19.1. The Morgan fingerprint density at radius 2 is 1.17 bits per heavy atom. The lowest BCUT2D eigenvalue weighted by molar-refractivity contribution is -0.139. The molecule has 0 spiro atoms. The second-order valence-corrected chi connectivity index (χ2v) is 15.8. The van der Waals surface area contributed by atoms with Crippen molar-refractivity contribution in [1.29, 1.82) is 0 Å². The molecule has 2 unspecified atom stereocenters. The maximum absolute atomic E-state index is 15.4. The molecule has 6 rings (SSSR count). The van der Waals surface area contributed by atoms with Crippen LogP contribution >= 0.6 is 0 Å². The summed E-state index contributed by atoms with van der Waals surface area (Å²) in [7, 11) is 3.18. The van der Waals surface area contributed by atoms with E-state index in [1.165, 1.54) is 46.2 Å². The zero-order valence-electron chi connectivity index (χ0n) is 33.9. The number of fused-ring (bicyclic) bond motifs is 2. The molecule has 0 saturated carbocycles. The number of nitrogens with one attached hydrogen (secondary N) is 4. The Balaban J connectivity index is 1.40. The van der Waals surface area contributed by atoms with Crippen LogP contribution in [0.4, 0.5) is 17.6 Å². The highest BCUT2D eigenvalue weighted by Crippen LogP contribution is 2.34. The lowest BCUT2D eigenvalue weighted by Crippen LogP contribution is -2.55. The van der Waals surface area contributed by atoms with Crippen molar-refractivity contribution in [3.8, 4) is 11.6 Å². The fourth-order valence-electron chi connectivity index (χ4n) is 7.86. The molecule has 15 nitrogen and oxygen atoms in total. The highest BCUT2D eigenvalue weighted by Gasteiger charge is 2.42. The van der Waals surface area contributed by atoms with Crippen LogP contribution in [0, 0.1) is 17.6 Å². The van der Waals surface area contributed by atoms with E-state index in [-0.39, 0.29) is 67.6 Å². The van der Waals surface area contributed by atoms with Crippen molar-refractivity contribution in [1.82, 2.24) is 50.2 Å². The number of nitrogens with zero attached hydrogens (tertiary/aromatic N) is 6. The van der Waals surface area contributed by atoms with E-state index in [0.29, 0.717) is 11.0 Å². The Morgan fingerprint density at radius 1 is 0.729 bits per heavy atom. The first kappa shape index (κ1) is 43.4. The van der Waals surface area contributed by atoms with Crippen molar-refractivity contribution in [2.24, 2.45) is 5.92 Å². The number of halogens is 4. The summed E-state index contributed by atoms with van der Waals surface area (Å²) in [4.78, 5) is 65.7. The molecule has 320 valence electrons. The number of aliphatic hydroxyl groups excluding tert-OH is 1. The number of aromatic nitrogens is 4. The normalized spacial score (nSPS) is 21.6. The standard InChI is InChI=1S/C40H52F4N10O5/c1-20(2)34(50-38(57)22(4)46-6)40(59)52-16-26(44)12-28(52)18-54-33-10-8-24(42)14-30(33)48-36(54)35-47-29-13-23(41)7-9-32(29)53(35)17-27-11-25(43)15-51(27)39(58)31(19-55)49-37(56)21(3)45-5/h7-10,13-14,20-22,25-28,31,34,45-46,55H,11-12,15-19H2,1-6H3,(H,49,56)(H,50,57)/t21-,22-,25?,26?,27+,28+,31-,34-/m1/s1. The van der Waals surface area contributed by atoms with Gasteiger partial charge in [0.2, 0.25) is 23.6 Å². The van der Waals surface area contributed by atoms with Crippen molar-refractivity contribution < 1.29 is 41.8 Å². The van der Waals surface area contributed by atoms with Gasteiger partial charge in [0.15, 0.2) is 11.6 Å². The van der Waals surface area contributed by atoms with E-state index in [4.69, 9.17) is 9.97 Å². The van der Waals surface area contributed by atoms with Crippen LogP contribution in [0.3, 0.4) is 0 Å². The number of hydrogen-bond acceptors (Lipinski definition) is 9. The van der Waals surface area contributed by atoms with E-state index in [1.807, 2.05) is 0 Å². The number of carbonyl (C=O) groups is 4. The molecule has 2 aliphatic rings. The number of hydrogen-bond donors (Lipinski definition) is 5. The van der Waals surface area contributed by atoms with Gasteiger partial charge in [-0.2, -0.15) is 0 Å². The van der Waals surface area contributed by atoms with E-state index in [9.17, 15) is 33.1 Å². The predicted molar refractivity (Wildman–Crippen MR) is 211 cm³/mol. The number of imidazole rings is 2. The number of rotatable bonds is 15. The Bertz CT molecular complexity index is 2200. The maximum atomic E-state index is 15.4. The summed E-state index contributed by atoms with van der Waals surface area (Å²) in [6, 6.07) is 2.71. The SMILES string of the molecule is CN[C@H](C)C(=O)N[C@H](CO)C(=O)N1CC(F)C[C@H]1Cn1c(-c2nc3cc(F)ccc3n2C[C@@H]2CC(F)CN2C(=O)[C@H](NC(=O)[C@@H](C)NC)C(C)C)nc2cc(F)ccc21. The maximum Gasteiger partial charge on any atom is 0.247 e. The van der Waals surface area contributed by atoms with Gasteiger partial charge in [0.1, 0.15) is 36.1 Å². The van der Waals surface area contributed by atoms with E-state index in [2.05, 4.69) is 21.3 Å². The molecular weight excluding hydrogens is 776 g/mol. The van der Waals surface area contributed by atoms with Crippen LogP contribution < -0.4 is 21.3 Å². The van der Waals surface area contributed by atoms with Crippen LogP contribution in [0.2, 0.25) is 0 Å². The number of alkyl halides is 2. The van der Waals surface area contributed by atoms with Crippen molar-refractivity contribution >= 4 is 45.7 Å². The molecule has 0 bridgehead atoms. The predicted octanol–water partition coefficient (Wildman–Crippen LogP) is 2.04. The average Bonchev–Trinajstić information content (AvgIpc) is 3.96. The van der Waals surface area contributed by atoms with Gasteiger partial charge >= 0.3 is 0 Å². The van der Waals surface area contributed by atoms with Gasteiger partial charge in [0.25, 0.3) is 0 Å². The van der Waals surface area contributed by atoms with Crippen molar-refractivity contribution in [2.75, 3.05) is 33.8 Å². The molecule has 4 heterocycles. The molecule has 2 fully saturated rings. The lowest BCUT2D eigenvalue weighted by Gasteiger charge is -2.32. The molecule has 2 aliphatic heterocycles. The number of aliphatic hydroxyl groups is 1. The molecule has 0 radical (unpaired) electrons. The third kappa shape index (κ3) is 9.06. The second kappa shape index (κ2) is 18.0. The molecule has 2 saturated heterocycles. The number of carbonyl (C=O) groups excluding carboxylic acids is 4. The van der Waals surface area contributed by atoms with Gasteiger partial charge in [-0.3, -0.25) is 19.2 Å². The molecule has 59 heavy (non-hydrogen) atoms. The third-order valence-corrected chi connectivity index (χ3v) is 11.4. The molecule has 4 amide bonds. The van der Waals surface area contributed by atoms with Crippen LogP contribution in [0.5, 0.6) is 0 Å². The van der Waals surface area contributed by atoms with Gasteiger partial charge in [-0.15, -0.1) is 0 Å². The van der Waals surface area contributed by atoms with Crippen LogP contribution in [-0.2, 0) is 32.3 Å². The van der Waals surface area contributed by atoms with Gasteiger partial charge in [-0.1, -0.05) is 13.8 Å². The summed E-state index contributed by atoms with van der Waals surface area (Å²) in [6.07, 6.45) is -2.99. The molecular formula is C40H52F4N10O5. The molecule has 0 aliphatic carbocycles. The van der Waals surface area contributed by atoms with E-state index < -0.39 is 90.5 Å². The van der Waals surface area contributed by atoms with Crippen LogP contribution in [-0.4, -0.2) is 140 Å². The third-order valence-electron chi connectivity index (χ3n) is 11.4. The monoisotopic (exact) mass is 828 g/mol. The van der Waals surface area contributed by atoms with Gasteiger partial charge in [-0.25, -0.2) is 27.5 Å². The van der Waals surface area contributed by atoms with Crippen molar-refractivity contribution in [2.45, 2.75) is 102 Å². The van der Waals surface area contributed by atoms with Gasteiger partial charge in [-0.05, 0) is 58.1 Å². The number of likely N-dealkylation sites (tertiary alicyclic amines) is 2. The first-order valence-corrected chi connectivity index (χ1v) is 19.8. The molecule has 2 aromatic carbocycles. The minimum atomic E-state index is -1.45. The van der Waals surface area contributed by atoms with E-state index in [1.54, 1.807) is 50.9 Å². The first-order chi connectivity index (χ1) is 28.0. The minimum Gasteiger partial charge on any atom is -0.394 e. The minimum absolute atomic E-state index is 0.0314. The highest BCUT2D eigenvalue weighted by molar-refractivity contribution is 5.91. The summed E-state index contributed by atoms with van der Waals surface area (Å²) in [5.74, 6) is -3.31. The topological polar surface area (TPSA) is 179 Å². The summed E-state index contributed by atoms with van der Waals surface area (Å²) in [5.41, 5.74) is 1.25. The second-order valence-electron chi connectivity index (χ2n) is 15.8. The van der Waals surface area contributed by atoms with Crippen LogP contribution in [0.15, 0.2) is 36.4 Å². The summed E-state index contributed by atoms with van der Waals surface area (Å²) in [5, 5.41) is 21.1. The molecule has 19 heteroatoms. The smallest absolute Gasteiger partial charge is 0.247 e. The van der Waals surface area contributed by atoms with Crippen molar-refractivity contribution in [3.05, 3.63) is 48.0 Å². The molecule has 8 atom stereocenters. The zero-order chi connectivity index (χ0) is 42.9. The van der Waals surface area contributed by atoms with Gasteiger partial charge in [0.05, 0.1) is 65.9 Å². The van der Waals surface area contributed by atoms with Gasteiger partial charge in [0, 0.05) is 38.1 Å². The average molecular weight is 829 g/mol. The molecule has 2 aromatic heterocycles. The Hall–Kier alpha value is -5.14. The summed E-state index contributed by atoms with van der Waals surface area (Å²) < 4.78 is 63.5.